The van der Waals surface area contributed by atoms with Crippen molar-refractivity contribution in [3.8, 4) is 17.2 Å². The molecule has 0 aliphatic heterocycles. The van der Waals surface area contributed by atoms with Crippen molar-refractivity contribution in [3.63, 3.8) is 0 Å². The van der Waals surface area contributed by atoms with E-state index in [0.717, 1.165) is 5.56 Å². The van der Waals surface area contributed by atoms with Gasteiger partial charge in [0.25, 0.3) is 0 Å². The summed E-state index contributed by atoms with van der Waals surface area (Å²) in [5.74, 6) is 1.18. The molecule has 0 saturated heterocycles. The van der Waals surface area contributed by atoms with Crippen LogP contribution in [0.2, 0.25) is 0 Å². The summed E-state index contributed by atoms with van der Waals surface area (Å²) in [4.78, 5) is 4.23. The molecule has 17 heavy (non-hydrogen) atoms. The molecule has 2 rings (SSSR count). The molecule has 1 aromatic carbocycles. The Hall–Kier alpha value is -2.01. The highest BCUT2D eigenvalue weighted by Gasteiger charge is 2.08. The molecule has 4 N–H and O–H groups in total. The summed E-state index contributed by atoms with van der Waals surface area (Å²) >= 11 is 0. The molecule has 0 aliphatic carbocycles. The van der Waals surface area contributed by atoms with Gasteiger partial charge in [-0.1, -0.05) is 0 Å². The maximum atomic E-state index is 5.86. The number of aromatic nitrogens is 1. The van der Waals surface area contributed by atoms with E-state index in [-0.39, 0.29) is 0 Å². The van der Waals surface area contributed by atoms with Crippen LogP contribution < -0.4 is 16.2 Å². The van der Waals surface area contributed by atoms with Crippen molar-refractivity contribution < 1.29 is 9.15 Å². The van der Waals surface area contributed by atoms with E-state index in [2.05, 4.69) is 4.98 Å². The van der Waals surface area contributed by atoms with Crippen molar-refractivity contribution in [2.24, 2.45) is 5.73 Å². The number of benzene rings is 1. The zero-order valence-corrected chi connectivity index (χ0v) is 9.64. The lowest BCUT2D eigenvalue weighted by Gasteiger charge is -2.07. The summed E-state index contributed by atoms with van der Waals surface area (Å²) in [5.41, 5.74) is 13.4. The first-order chi connectivity index (χ1) is 8.24. The third kappa shape index (κ3) is 2.39. The number of ether oxygens (including phenoxy) is 1. The summed E-state index contributed by atoms with van der Waals surface area (Å²) in [7, 11) is 0. The average Bonchev–Trinajstić information content (AvgIpc) is 2.80. The third-order valence-electron chi connectivity index (χ3n) is 2.32. The highest BCUT2D eigenvalue weighted by Crippen LogP contribution is 2.28. The molecule has 0 spiro atoms. The van der Waals surface area contributed by atoms with Gasteiger partial charge in [0.1, 0.15) is 12.0 Å². The van der Waals surface area contributed by atoms with Crippen LogP contribution in [0.25, 0.3) is 11.5 Å². The van der Waals surface area contributed by atoms with E-state index in [1.807, 2.05) is 13.0 Å². The highest BCUT2D eigenvalue weighted by atomic mass is 16.5. The van der Waals surface area contributed by atoms with E-state index in [9.17, 15) is 0 Å². The first kappa shape index (κ1) is 11.5. The fourth-order valence-electron chi connectivity index (χ4n) is 1.50. The molecule has 1 aromatic heterocycles. The first-order valence-electron chi connectivity index (χ1n) is 5.41. The van der Waals surface area contributed by atoms with Crippen molar-refractivity contribution in [2.45, 2.75) is 13.5 Å². The van der Waals surface area contributed by atoms with Gasteiger partial charge in [-0.25, -0.2) is 4.98 Å². The van der Waals surface area contributed by atoms with Gasteiger partial charge in [0.2, 0.25) is 5.89 Å². The number of nitrogen functional groups attached to an aromatic ring is 1. The molecule has 2 aromatic rings. The van der Waals surface area contributed by atoms with E-state index in [1.165, 1.54) is 0 Å². The van der Waals surface area contributed by atoms with Crippen molar-refractivity contribution in [3.05, 3.63) is 30.2 Å². The Labute approximate surface area is 99.4 Å². The Morgan fingerprint density at radius 1 is 1.41 bits per heavy atom. The van der Waals surface area contributed by atoms with Gasteiger partial charge in [-0.3, -0.25) is 0 Å². The van der Waals surface area contributed by atoms with Gasteiger partial charge in [0.15, 0.2) is 0 Å². The second kappa shape index (κ2) is 4.88. The Bertz CT molecular complexity index is 508. The molecule has 5 nitrogen and oxygen atoms in total. The largest absolute Gasteiger partial charge is 0.492 e. The van der Waals surface area contributed by atoms with Crippen LogP contribution in [0.5, 0.6) is 5.75 Å². The Balaban J connectivity index is 2.30. The molecule has 0 aliphatic rings. The van der Waals surface area contributed by atoms with Crippen LogP contribution in [0.3, 0.4) is 0 Å². The molecule has 0 saturated carbocycles. The van der Waals surface area contributed by atoms with Gasteiger partial charge in [-0.2, -0.15) is 0 Å². The minimum atomic E-state index is 0.357. The second-order valence-electron chi connectivity index (χ2n) is 3.53. The molecule has 90 valence electrons. The van der Waals surface area contributed by atoms with Gasteiger partial charge in [0, 0.05) is 12.1 Å². The molecule has 5 heteroatoms. The molecule has 0 bridgehead atoms. The number of rotatable bonds is 4. The van der Waals surface area contributed by atoms with Crippen LogP contribution >= 0.6 is 0 Å². The molecule has 0 amide bonds. The van der Waals surface area contributed by atoms with E-state index in [4.69, 9.17) is 20.6 Å². The van der Waals surface area contributed by atoms with Gasteiger partial charge in [-0.15, -0.1) is 0 Å². The standard InChI is InChI=1S/C12H15N3O2/c1-2-16-11-4-3-8(5-10(11)14)12-15-9(6-13)7-17-12/h3-5,7H,2,6,13-14H2,1H3. The Morgan fingerprint density at radius 3 is 2.82 bits per heavy atom. The normalized spacial score (nSPS) is 10.5. The van der Waals surface area contributed by atoms with Crippen molar-refractivity contribution in [2.75, 3.05) is 12.3 Å². The van der Waals surface area contributed by atoms with Crippen LogP contribution in [-0.2, 0) is 6.54 Å². The minimum Gasteiger partial charge on any atom is -0.492 e. The van der Waals surface area contributed by atoms with Crippen LogP contribution in [0.15, 0.2) is 28.9 Å². The van der Waals surface area contributed by atoms with Gasteiger partial charge >= 0.3 is 0 Å². The van der Waals surface area contributed by atoms with Gasteiger partial charge in [-0.05, 0) is 25.1 Å². The number of oxazole rings is 1. The maximum Gasteiger partial charge on any atom is 0.226 e. The first-order valence-corrected chi connectivity index (χ1v) is 5.41. The number of nitrogens with zero attached hydrogens (tertiary/aromatic N) is 1. The van der Waals surface area contributed by atoms with Crippen LogP contribution in [0.1, 0.15) is 12.6 Å². The summed E-state index contributed by atoms with van der Waals surface area (Å²) in [6.45, 7) is 2.85. The van der Waals surface area contributed by atoms with Crippen molar-refractivity contribution in [1.82, 2.24) is 4.98 Å². The quantitative estimate of drug-likeness (QED) is 0.786. The summed E-state index contributed by atoms with van der Waals surface area (Å²) in [5, 5.41) is 0. The lowest BCUT2D eigenvalue weighted by Crippen LogP contribution is -1.97. The highest BCUT2D eigenvalue weighted by molar-refractivity contribution is 5.65. The van der Waals surface area contributed by atoms with Gasteiger partial charge < -0.3 is 20.6 Å². The van der Waals surface area contributed by atoms with E-state index in [1.54, 1.807) is 18.4 Å². The summed E-state index contributed by atoms with van der Waals surface area (Å²) in [6, 6.07) is 5.44. The van der Waals surface area contributed by atoms with Crippen LogP contribution in [0.4, 0.5) is 5.69 Å². The lowest BCUT2D eigenvalue weighted by molar-refractivity contribution is 0.342. The third-order valence-corrected chi connectivity index (χ3v) is 2.32. The SMILES string of the molecule is CCOc1ccc(-c2nc(CN)co2)cc1N. The van der Waals surface area contributed by atoms with E-state index < -0.39 is 0 Å². The molecular formula is C12H15N3O2. The second-order valence-corrected chi connectivity index (χ2v) is 3.53. The number of nitrogens with two attached hydrogens (primary N) is 2. The van der Waals surface area contributed by atoms with Crippen LogP contribution in [-0.4, -0.2) is 11.6 Å². The molecule has 0 radical (unpaired) electrons. The smallest absolute Gasteiger partial charge is 0.226 e. The fourth-order valence-corrected chi connectivity index (χ4v) is 1.50. The Kier molecular flexibility index (Phi) is 3.30. The summed E-state index contributed by atoms with van der Waals surface area (Å²) in [6.07, 6.45) is 1.54. The fraction of sp³-hybridized carbons (Fsp3) is 0.250. The van der Waals surface area contributed by atoms with Crippen molar-refractivity contribution >= 4 is 5.69 Å². The van der Waals surface area contributed by atoms with Gasteiger partial charge in [0.05, 0.1) is 18.0 Å². The predicted molar refractivity (Wildman–Crippen MR) is 65.4 cm³/mol. The van der Waals surface area contributed by atoms with Crippen molar-refractivity contribution in [1.29, 1.82) is 0 Å². The predicted octanol–water partition coefficient (Wildman–Crippen LogP) is 1.78. The molecule has 0 unspecified atom stereocenters. The molecule has 1 heterocycles. The molecular weight excluding hydrogens is 218 g/mol. The number of anilines is 1. The minimum absolute atomic E-state index is 0.357. The monoisotopic (exact) mass is 233 g/mol. The zero-order valence-electron chi connectivity index (χ0n) is 9.64. The molecule has 0 atom stereocenters. The number of hydrogen-bond acceptors (Lipinski definition) is 5. The van der Waals surface area contributed by atoms with E-state index in [0.29, 0.717) is 36.2 Å². The van der Waals surface area contributed by atoms with E-state index >= 15 is 0 Å². The molecule has 0 fully saturated rings. The number of hydrogen-bond donors (Lipinski definition) is 2. The maximum absolute atomic E-state index is 5.86. The lowest BCUT2D eigenvalue weighted by atomic mass is 10.2. The zero-order chi connectivity index (χ0) is 12.3. The van der Waals surface area contributed by atoms with Crippen LogP contribution in [0, 0.1) is 0 Å². The average molecular weight is 233 g/mol. The topological polar surface area (TPSA) is 87.3 Å². The Morgan fingerprint density at radius 2 is 2.24 bits per heavy atom. The summed E-state index contributed by atoms with van der Waals surface area (Å²) < 4.78 is 10.7.